The Labute approximate surface area is 63.5 Å². The molecule has 4 heteroatoms. The first-order chi connectivity index (χ1) is 4.77. The van der Waals surface area contributed by atoms with E-state index in [4.69, 9.17) is 5.11 Å². The average molecular weight is 159 g/mol. The van der Waals surface area contributed by atoms with E-state index in [0.717, 1.165) is 13.0 Å². The van der Waals surface area contributed by atoms with Gasteiger partial charge in [0.05, 0.1) is 0 Å². The molecule has 2 saturated heterocycles. The van der Waals surface area contributed by atoms with E-state index in [1.165, 1.54) is 18.4 Å². The Morgan fingerprint density at radius 2 is 2.50 bits per heavy atom. The van der Waals surface area contributed by atoms with Gasteiger partial charge in [0.2, 0.25) is 0 Å². The van der Waals surface area contributed by atoms with Crippen LogP contribution in [0, 0.1) is 0 Å². The van der Waals surface area contributed by atoms with E-state index in [1.54, 1.807) is 0 Å². The summed E-state index contributed by atoms with van der Waals surface area (Å²) in [6.07, 6.45) is 2.04. The van der Waals surface area contributed by atoms with Gasteiger partial charge in [-0.15, -0.1) is 0 Å². The molecule has 10 heavy (non-hydrogen) atoms. The van der Waals surface area contributed by atoms with Gasteiger partial charge < -0.3 is 5.11 Å². The minimum Gasteiger partial charge on any atom is -0.480 e. The summed E-state index contributed by atoms with van der Waals surface area (Å²) < 4.78 is 2.18. The van der Waals surface area contributed by atoms with Crippen LogP contribution in [0.15, 0.2) is 0 Å². The molecular formula is C6H9NO2S. The van der Waals surface area contributed by atoms with E-state index in [9.17, 15) is 4.79 Å². The lowest BCUT2D eigenvalue weighted by Gasteiger charge is -2.32. The van der Waals surface area contributed by atoms with Crippen molar-refractivity contribution in [3.8, 4) is 0 Å². The number of carboxylic acid groups (broad SMARTS) is 1. The van der Waals surface area contributed by atoms with Gasteiger partial charge in [-0.05, 0) is 12.8 Å². The predicted molar refractivity (Wildman–Crippen MR) is 38.7 cm³/mol. The van der Waals surface area contributed by atoms with E-state index in [1.807, 2.05) is 0 Å². The summed E-state index contributed by atoms with van der Waals surface area (Å²) in [6.45, 7) is 1.08. The van der Waals surface area contributed by atoms with Crippen LogP contribution in [-0.2, 0) is 4.79 Å². The van der Waals surface area contributed by atoms with Crippen molar-refractivity contribution in [2.24, 2.45) is 0 Å². The van der Waals surface area contributed by atoms with Crippen LogP contribution in [0.2, 0.25) is 0 Å². The Kier molecular flexibility index (Phi) is 1.38. The van der Waals surface area contributed by atoms with Crippen LogP contribution < -0.4 is 0 Å². The fraction of sp³-hybridized carbons (Fsp3) is 0.833. The summed E-state index contributed by atoms with van der Waals surface area (Å²) in [7, 11) is 0. The number of carbonyl (C=O) groups is 1. The SMILES string of the molecule is O=C(O)C1CC2CCN2S1. The Bertz CT molecular complexity index is 161. The quantitative estimate of drug-likeness (QED) is 0.568. The number of hydrogen-bond donors (Lipinski definition) is 1. The van der Waals surface area contributed by atoms with Gasteiger partial charge in [0.1, 0.15) is 5.25 Å². The van der Waals surface area contributed by atoms with Gasteiger partial charge in [-0.3, -0.25) is 4.79 Å². The molecule has 2 aliphatic rings. The fourth-order valence-electron chi connectivity index (χ4n) is 1.39. The van der Waals surface area contributed by atoms with E-state index in [-0.39, 0.29) is 5.25 Å². The highest BCUT2D eigenvalue weighted by Gasteiger charge is 2.42. The zero-order valence-electron chi connectivity index (χ0n) is 5.49. The summed E-state index contributed by atoms with van der Waals surface area (Å²) in [5.41, 5.74) is 0. The topological polar surface area (TPSA) is 40.5 Å². The van der Waals surface area contributed by atoms with Gasteiger partial charge in [0, 0.05) is 12.6 Å². The van der Waals surface area contributed by atoms with Crippen molar-refractivity contribution in [1.82, 2.24) is 4.31 Å². The highest BCUT2D eigenvalue weighted by molar-refractivity contribution is 7.98. The van der Waals surface area contributed by atoms with Crippen molar-refractivity contribution >= 4 is 17.9 Å². The number of hydrogen-bond acceptors (Lipinski definition) is 3. The summed E-state index contributed by atoms with van der Waals surface area (Å²) in [4.78, 5) is 10.5. The summed E-state index contributed by atoms with van der Waals surface area (Å²) in [6, 6.07) is 0.575. The number of aliphatic carboxylic acids is 1. The Balaban J connectivity index is 1.98. The molecule has 2 fully saturated rings. The molecule has 0 aliphatic carbocycles. The number of nitrogens with zero attached hydrogens (tertiary/aromatic N) is 1. The van der Waals surface area contributed by atoms with E-state index in [2.05, 4.69) is 4.31 Å². The zero-order valence-corrected chi connectivity index (χ0v) is 6.30. The standard InChI is InChI=1S/C6H9NO2S/c8-6(9)5-3-4-1-2-7(4)10-5/h4-5H,1-3H2,(H,8,9). The van der Waals surface area contributed by atoms with Crippen LogP contribution >= 0.6 is 11.9 Å². The van der Waals surface area contributed by atoms with Gasteiger partial charge >= 0.3 is 5.97 Å². The maximum atomic E-state index is 10.5. The summed E-state index contributed by atoms with van der Waals surface area (Å²) >= 11 is 1.50. The second-order valence-corrected chi connectivity index (χ2v) is 4.00. The number of fused-ring (bicyclic) bond motifs is 1. The molecule has 0 amide bonds. The molecule has 0 saturated carbocycles. The molecule has 0 aromatic rings. The van der Waals surface area contributed by atoms with Crippen molar-refractivity contribution in [2.45, 2.75) is 24.1 Å². The third kappa shape index (κ3) is 0.828. The monoisotopic (exact) mass is 159 g/mol. The molecule has 2 unspecified atom stereocenters. The average Bonchev–Trinajstić information content (AvgIpc) is 2.09. The first-order valence-corrected chi connectivity index (χ1v) is 4.27. The van der Waals surface area contributed by atoms with Crippen molar-refractivity contribution < 1.29 is 9.90 Å². The second kappa shape index (κ2) is 2.13. The lowest BCUT2D eigenvalue weighted by Crippen LogP contribution is -2.38. The van der Waals surface area contributed by atoms with Crippen LogP contribution in [0.1, 0.15) is 12.8 Å². The maximum Gasteiger partial charge on any atom is 0.318 e. The van der Waals surface area contributed by atoms with Gasteiger partial charge in [0.25, 0.3) is 0 Å². The minimum atomic E-state index is -0.653. The second-order valence-electron chi connectivity index (χ2n) is 2.75. The summed E-state index contributed by atoms with van der Waals surface area (Å²) in [5, 5.41) is 8.47. The third-order valence-electron chi connectivity index (χ3n) is 2.11. The van der Waals surface area contributed by atoms with Crippen LogP contribution in [0.4, 0.5) is 0 Å². The molecule has 0 aromatic heterocycles. The summed E-state index contributed by atoms with van der Waals surface area (Å²) in [5.74, 6) is -0.653. The number of carboxylic acids is 1. The fourth-order valence-corrected chi connectivity index (χ4v) is 2.69. The molecule has 2 heterocycles. The van der Waals surface area contributed by atoms with E-state index >= 15 is 0 Å². The number of rotatable bonds is 1. The minimum absolute atomic E-state index is 0.160. The first kappa shape index (κ1) is 6.49. The normalized spacial score (nSPS) is 38.8. The molecule has 1 N–H and O–H groups in total. The van der Waals surface area contributed by atoms with Crippen molar-refractivity contribution in [3.63, 3.8) is 0 Å². The van der Waals surface area contributed by atoms with E-state index in [0.29, 0.717) is 6.04 Å². The van der Waals surface area contributed by atoms with Crippen LogP contribution in [0.25, 0.3) is 0 Å². The third-order valence-corrected chi connectivity index (χ3v) is 3.51. The van der Waals surface area contributed by atoms with Crippen LogP contribution in [0.3, 0.4) is 0 Å². The lowest BCUT2D eigenvalue weighted by molar-refractivity contribution is -0.136. The highest BCUT2D eigenvalue weighted by atomic mass is 32.2. The van der Waals surface area contributed by atoms with E-state index < -0.39 is 5.97 Å². The molecule has 56 valence electrons. The predicted octanol–water partition coefficient (Wildman–Crippen LogP) is 0.566. The van der Waals surface area contributed by atoms with Gasteiger partial charge in [-0.25, -0.2) is 4.31 Å². The maximum absolute atomic E-state index is 10.5. The van der Waals surface area contributed by atoms with Crippen LogP contribution in [0.5, 0.6) is 0 Å². The Morgan fingerprint density at radius 1 is 1.70 bits per heavy atom. The Hall–Kier alpha value is -0.220. The molecule has 2 rings (SSSR count). The largest absolute Gasteiger partial charge is 0.480 e. The molecule has 2 atom stereocenters. The molecular weight excluding hydrogens is 150 g/mol. The van der Waals surface area contributed by atoms with Crippen molar-refractivity contribution in [2.75, 3.05) is 6.54 Å². The first-order valence-electron chi connectivity index (χ1n) is 3.43. The van der Waals surface area contributed by atoms with Crippen LogP contribution in [-0.4, -0.2) is 33.2 Å². The smallest absolute Gasteiger partial charge is 0.318 e. The van der Waals surface area contributed by atoms with Gasteiger partial charge in [-0.2, -0.15) is 0 Å². The Morgan fingerprint density at radius 3 is 2.80 bits per heavy atom. The van der Waals surface area contributed by atoms with Gasteiger partial charge in [0.15, 0.2) is 0 Å². The molecule has 0 spiro atoms. The van der Waals surface area contributed by atoms with Gasteiger partial charge in [-0.1, -0.05) is 11.9 Å². The molecule has 0 radical (unpaired) electrons. The molecule has 2 aliphatic heterocycles. The highest BCUT2D eigenvalue weighted by Crippen LogP contribution is 2.41. The zero-order chi connectivity index (χ0) is 7.14. The molecule has 0 bridgehead atoms. The molecule has 0 aromatic carbocycles. The van der Waals surface area contributed by atoms with Crippen molar-refractivity contribution in [3.05, 3.63) is 0 Å². The molecule has 3 nitrogen and oxygen atoms in total. The van der Waals surface area contributed by atoms with Crippen molar-refractivity contribution in [1.29, 1.82) is 0 Å². The lowest BCUT2D eigenvalue weighted by atomic mass is 10.0.